The molecular formula is C22H21BrN2O3. The average molecular weight is 441 g/mol. The number of hydrogen-bond donors (Lipinski definition) is 0. The molecule has 0 bridgehead atoms. The lowest BCUT2D eigenvalue weighted by Crippen LogP contribution is -2.26. The van der Waals surface area contributed by atoms with Crippen LogP contribution in [0, 0.1) is 6.92 Å². The summed E-state index contributed by atoms with van der Waals surface area (Å²) >= 11 is 3.50. The summed E-state index contributed by atoms with van der Waals surface area (Å²) in [6, 6.07) is 9.48. The van der Waals surface area contributed by atoms with Crippen LogP contribution in [0.2, 0.25) is 0 Å². The molecule has 5 nitrogen and oxygen atoms in total. The number of methoxy groups -OCH3 is 2. The summed E-state index contributed by atoms with van der Waals surface area (Å²) in [4.78, 5) is 17.4. The zero-order chi connectivity index (χ0) is 19.8. The maximum absolute atomic E-state index is 13.5. The highest BCUT2D eigenvalue weighted by Gasteiger charge is 2.28. The summed E-state index contributed by atoms with van der Waals surface area (Å²) in [6.07, 6.45) is 6.89. The SMILES string of the molecule is COc1cc2c(cc1OC)N(C(=O)c1ccc(Br)c(C)c1)C=C1CC=CN1C2. The van der Waals surface area contributed by atoms with Crippen LogP contribution in [0.5, 0.6) is 11.5 Å². The van der Waals surface area contributed by atoms with Crippen LogP contribution >= 0.6 is 15.9 Å². The standard InChI is InChI=1S/C22H21BrN2O3/c1-14-9-15(6-7-18(14)23)22(26)25-13-17-5-4-8-24(17)12-16-10-20(27-2)21(28-3)11-19(16)25/h4,6-11,13H,5,12H2,1-3H3. The van der Waals surface area contributed by atoms with Gasteiger partial charge in [0.05, 0.1) is 19.9 Å². The lowest BCUT2D eigenvalue weighted by Gasteiger charge is -2.22. The summed E-state index contributed by atoms with van der Waals surface area (Å²) in [5.74, 6) is 1.17. The number of amides is 1. The fourth-order valence-corrected chi connectivity index (χ4v) is 3.79. The summed E-state index contributed by atoms with van der Waals surface area (Å²) in [5, 5.41) is 0. The minimum Gasteiger partial charge on any atom is -0.493 e. The smallest absolute Gasteiger partial charge is 0.262 e. The predicted octanol–water partition coefficient (Wildman–Crippen LogP) is 5.00. The van der Waals surface area contributed by atoms with E-state index in [0.717, 1.165) is 33.4 Å². The first-order chi connectivity index (χ1) is 13.5. The van der Waals surface area contributed by atoms with Crippen LogP contribution < -0.4 is 14.4 Å². The number of ether oxygens (including phenoxy) is 2. The van der Waals surface area contributed by atoms with Gasteiger partial charge in [-0.25, -0.2) is 0 Å². The third kappa shape index (κ3) is 3.18. The third-order valence-corrected chi connectivity index (χ3v) is 5.96. The molecule has 0 fully saturated rings. The maximum atomic E-state index is 13.5. The molecule has 2 aliphatic rings. The lowest BCUT2D eigenvalue weighted by atomic mass is 10.1. The summed E-state index contributed by atoms with van der Waals surface area (Å²) < 4.78 is 11.9. The molecule has 0 atom stereocenters. The first kappa shape index (κ1) is 18.6. The number of carbonyl (C=O) groups is 1. The number of rotatable bonds is 3. The van der Waals surface area contributed by atoms with Crippen LogP contribution in [-0.4, -0.2) is 25.0 Å². The second-order valence-corrected chi connectivity index (χ2v) is 7.67. The van der Waals surface area contributed by atoms with Crippen LogP contribution in [0.3, 0.4) is 0 Å². The number of anilines is 1. The lowest BCUT2D eigenvalue weighted by molar-refractivity contribution is 0.0997. The number of hydrogen-bond acceptors (Lipinski definition) is 4. The second-order valence-electron chi connectivity index (χ2n) is 6.81. The Labute approximate surface area is 173 Å². The van der Waals surface area contributed by atoms with Gasteiger partial charge in [-0.05, 0) is 42.3 Å². The first-order valence-electron chi connectivity index (χ1n) is 9.00. The molecular weight excluding hydrogens is 420 g/mol. The van der Waals surface area contributed by atoms with Crippen LogP contribution in [0.25, 0.3) is 0 Å². The number of aryl methyl sites for hydroxylation is 1. The van der Waals surface area contributed by atoms with Crippen molar-refractivity contribution in [3.63, 3.8) is 0 Å². The van der Waals surface area contributed by atoms with Crippen molar-refractivity contribution < 1.29 is 14.3 Å². The van der Waals surface area contributed by atoms with Crippen molar-refractivity contribution in [3.05, 3.63) is 75.7 Å². The van der Waals surface area contributed by atoms with Gasteiger partial charge in [-0.2, -0.15) is 0 Å². The molecule has 0 aliphatic carbocycles. The van der Waals surface area contributed by atoms with E-state index in [-0.39, 0.29) is 5.91 Å². The number of nitrogens with zero attached hydrogens (tertiary/aromatic N) is 2. The number of benzene rings is 2. The maximum Gasteiger partial charge on any atom is 0.262 e. The van der Waals surface area contributed by atoms with Gasteiger partial charge in [0.25, 0.3) is 5.91 Å². The van der Waals surface area contributed by atoms with Crippen molar-refractivity contribution in [2.45, 2.75) is 19.9 Å². The number of fused-ring (bicyclic) bond motifs is 2. The molecule has 1 amide bonds. The van der Waals surface area contributed by atoms with Crippen LogP contribution in [0.1, 0.15) is 27.9 Å². The quantitative estimate of drug-likeness (QED) is 0.673. The molecule has 0 saturated heterocycles. The Bertz CT molecular complexity index is 1010. The molecule has 144 valence electrons. The molecule has 0 spiro atoms. The van der Waals surface area contributed by atoms with Gasteiger partial charge in [0.2, 0.25) is 0 Å². The molecule has 0 unspecified atom stereocenters. The van der Waals surface area contributed by atoms with E-state index in [1.54, 1.807) is 19.1 Å². The topological polar surface area (TPSA) is 42.0 Å². The molecule has 0 N–H and O–H groups in total. The number of halogens is 1. The van der Waals surface area contributed by atoms with Crippen LogP contribution in [-0.2, 0) is 6.54 Å². The normalized spacial score (nSPS) is 14.9. The fraction of sp³-hybridized carbons (Fsp3) is 0.227. The Morgan fingerprint density at radius 1 is 1.11 bits per heavy atom. The monoisotopic (exact) mass is 440 g/mol. The zero-order valence-corrected chi connectivity index (χ0v) is 17.6. The van der Waals surface area contributed by atoms with Gasteiger partial charge in [-0.15, -0.1) is 0 Å². The van der Waals surface area contributed by atoms with Crippen molar-refractivity contribution in [3.8, 4) is 11.5 Å². The Morgan fingerprint density at radius 2 is 1.86 bits per heavy atom. The summed E-state index contributed by atoms with van der Waals surface area (Å²) in [5.41, 5.74) is 4.54. The molecule has 2 heterocycles. The Morgan fingerprint density at radius 3 is 2.57 bits per heavy atom. The van der Waals surface area contributed by atoms with Crippen LogP contribution in [0.15, 0.2) is 59.0 Å². The van der Waals surface area contributed by atoms with Gasteiger partial charge in [0.1, 0.15) is 0 Å². The minimum absolute atomic E-state index is 0.0784. The van der Waals surface area contributed by atoms with Crippen molar-refractivity contribution in [2.75, 3.05) is 19.1 Å². The van der Waals surface area contributed by atoms with E-state index in [4.69, 9.17) is 9.47 Å². The van der Waals surface area contributed by atoms with Crippen molar-refractivity contribution in [1.29, 1.82) is 0 Å². The Hall–Kier alpha value is -2.73. The van der Waals surface area contributed by atoms with E-state index >= 15 is 0 Å². The molecule has 0 aromatic heterocycles. The molecule has 2 aliphatic heterocycles. The van der Waals surface area contributed by atoms with Gasteiger partial charge >= 0.3 is 0 Å². The average Bonchev–Trinajstić information content (AvgIpc) is 3.08. The third-order valence-electron chi connectivity index (χ3n) is 5.07. The first-order valence-corrected chi connectivity index (χ1v) is 9.79. The molecule has 2 aromatic carbocycles. The Kier molecular flexibility index (Phi) is 4.89. The molecule has 0 saturated carbocycles. The highest BCUT2D eigenvalue weighted by molar-refractivity contribution is 9.10. The van der Waals surface area contributed by atoms with Gasteiger partial charge in [-0.3, -0.25) is 9.69 Å². The van der Waals surface area contributed by atoms with Crippen molar-refractivity contribution >= 4 is 27.5 Å². The van der Waals surface area contributed by atoms with E-state index in [1.165, 1.54) is 0 Å². The second kappa shape index (κ2) is 7.36. The van der Waals surface area contributed by atoms with E-state index in [0.29, 0.717) is 23.6 Å². The molecule has 6 heteroatoms. The molecule has 28 heavy (non-hydrogen) atoms. The van der Waals surface area contributed by atoms with E-state index < -0.39 is 0 Å². The summed E-state index contributed by atoms with van der Waals surface area (Å²) in [7, 11) is 3.22. The van der Waals surface area contributed by atoms with Crippen molar-refractivity contribution in [1.82, 2.24) is 4.90 Å². The van der Waals surface area contributed by atoms with Gasteiger partial charge in [-0.1, -0.05) is 22.0 Å². The minimum atomic E-state index is -0.0784. The molecule has 2 aromatic rings. The molecule has 0 radical (unpaired) electrons. The van der Waals surface area contributed by atoms with E-state index in [9.17, 15) is 4.79 Å². The summed E-state index contributed by atoms with van der Waals surface area (Å²) in [6.45, 7) is 2.65. The van der Waals surface area contributed by atoms with Gasteiger partial charge in [0.15, 0.2) is 11.5 Å². The highest BCUT2D eigenvalue weighted by Crippen LogP contribution is 2.40. The van der Waals surface area contributed by atoms with Crippen molar-refractivity contribution in [2.24, 2.45) is 0 Å². The zero-order valence-electron chi connectivity index (χ0n) is 16.0. The van der Waals surface area contributed by atoms with Crippen LogP contribution in [0.4, 0.5) is 5.69 Å². The number of allylic oxidation sites excluding steroid dienone is 1. The molecule has 4 rings (SSSR count). The van der Waals surface area contributed by atoms with Gasteiger partial charge in [0, 0.05) is 47.2 Å². The Balaban J connectivity index is 1.86. The van der Waals surface area contributed by atoms with E-state index in [1.807, 2.05) is 43.5 Å². The fourth-order valence-electron chi connectivity index (χ4n) is 3.54. The number of carbonyl (C=O) groups excluding carboxylic acids is 1. The van der Waals surface area contributed by atoms with Gasteiger partial charge < -0.3 is 14.4 Å². The largest absolute Gasteiger partial charge is 0.493 e. The van der Waals surface area contributed by atoms with E-state index in [2.05, 4.69) is 33.1 Å². The highest BCUT2D eigenvalue weighted by atomic mass is 79.9. The predicted molar refractivity (Wildman–Crippen MR) is 113 cm³/mol.